The molecule has 1 unspecified atom stereocenters. The standard InChI is InChI=1S/C12H16FN5/c1-17-6-2-3-10(8-17)14-12-15-11-5-4-9(13)7-18(11)16-12/h4-5,7,10H,2-3,6,8H2,1H3,(H,14,16). The van der Waals surface area contributed by atoms with Crippen LogP contribution in [0, 0.1) is 5.82 Å². The van der Waals surface area contributed by atoms with Crippen molar-refractivity contribution in [2.45, 2.75) is 18.9 Å². The van der Waals surface area contributed by atoms with Gasteiger partial charge in [-0.1, -0.05) is 0 Å². The summed E-state index contributed by atoms with van der Waals surface area (Å²) in [6.45, 7) is 2.13. The number of nitrogens with zero attached hydrogens (tertiary/aromatic N) is 4. The third-order valence-corrected chi connectivity index (χ3v) is 3.25. The summed E-state index contributed by atoms with van der Waals surface area (Å²) in [7, 11) is 2.11. The number of nitrogens with one attached hydrogen (secondary N) is 1. The molecule has 1 saturated heterocycles. The fourth-order valence-electron chi connectivity index (χ4n) is 2.39. The van der Waals surface area contributed by atoms with E-state index < -0.39 is 0 Å². The van der Waals surface area contributed by atoms with Gasteiger partial charge in [-0.25, -0.2) is 8.91 Å². The summed E-state index contributed by atoms with van der Waals surface area (Å²) < 4.78 is 14.5. The van der Waals surface area contributed by atoms with Crippen LogP contribution in [0.15, 0.2) is 18.3 Å². The van der Waals surface area contributed by atoms with Crippen molar-refractivity contribution in [3.8, 4) is 0 Å². The molecule has 1 atom stereocenters. The molecule has 1 aliphatic rings. The van der Waals surface area contributed by atoms with E-state index in [1.54, 1.807) is 6.07 Å². The molecule has 1 N–H and O–H groups in total. The lowest BCUT2D eigenvalue weighted by molar-refractivity contribution is 0.260. The van der Waals surface area contributed by atoms with Crippen LogP contribution in [0.2, 0.25) is 0 Å². The first-order valence-electron chi connectivity index (χ1n) is 6.18. The quantitative estimate of drug-likeness (QED) is 0.873. The predicted octanol–water partition coefficient (Wildman–Crippen LogP) is 1.37. The van der Waals surface area contributed by atoms with Crippen molar-refractivity contribution in [1.82, 2.24) is 19.5 Å². The summed E-state index contributed by atoms with van der Waals surface area (Å²) in [6.07, 6.45) is 3.63. The second-order valence-electron chi connectivity index (χ2n) is 4.83. The number of fused-ring (bicyclic) bond motifs is 1. The largest absolute Gasteiger partial charge is 0.349 e. The van der Waals surface area contributed by atoms with E-state index in [4.69, 9.17) is 0 Å². The highest BCUT2D eigenvalue weighted by Gasteiger charge is 2.18. The molecule has 2 aromatic rings. The van der Waals surface area contributed by atoms with Crippen molar-refractivity contribution in [2.75, 3.05) is 25.5 Å². The minimum absolute atomic E-state index is 0.309. The van der Waals surface area contributed by atoms with Gasteiger partial charge in [-0.05, 0) is 38.6 Å². The lowest BCUT2D eigenvalue weighted by Crippen LogP contribution is -2.39. The molecule has 1 fully saturated rings. The molecular formula is C12H16FN5. The van der Waals surface area contributed by atoms with Gasteiger partial charge in [-0.3, -0.25) is 0 Å². The first kappa shape index (κ1) is 11.4. The van der Waals surface area contributed by atoms with Crippen molar-refractivity contribution in [3.05, 3.63) is 24.1 Å². The van der Waals surface area contributed by atoms with Gasteiger partial charge in [0.2, 0.25) is 5.95 Å². The minimum Gasteiger partial charge on any atom is -0.349 e. The third kappa shape index (κ3) is 2.28. The molecule has 0 radical (unpaired) electrons. The fourth-order valence-corrected chi connectivity index (χ4v) is 2.39. The molecule has 3 heterocycles. The van der Waals surface area contributed by atoms with Gasteiger partial charge < -0.3 is 10.2 Å². The molecule has 3 rings (SSSR count). The van der Waals surface area contributed by atoms with Crippen LogP contribution in [0.25, 0.3) is 5.65 Å². The Hall–Kier alpha value is -1.69. The SMILES string of the molecule is CN1CCCC(Nc2nc3ccc(F)cn3n2)C1. The van der Waals surface area contributed by atoms with E-state index >= 15 is 0 Å². The summed E-state index contributed by atoms with van der Waals surface area (Å²) in [5.41, 5.74) is 0.656. The van der Waals surface area contributed by atoms with Crippen LogP contribution in [0.5, 0.6) is 0 Å². The molecule has 0 spiro atoms. The number of halogens is 1. The van der Waals surface area contributed by atoms with Crippen molar-refractivity contribution in [3.63, 3.8) is 0 Å². The van der Waals surface area contributed by atoms with Crippen LogP contribution in [-0.2, 0) is 0 Å². The Morgan fingerprint density at radius 3 is 3.17 bits per heavy atom. The van der Waals surface area contributed by atoms with Crippen molar-refractivity contribution >= 4 is 11.6 Å². The molecule has 0 aromatic carbocycles. The maximum Gasteiger partial charge on any atom is 0.243 e. The first-order valence-corrected chi connectivity index (χ1v) is 6.18. The van der Waals surface area contributed by atoms with Crippen LogP contribution in [0.3, 0.4) is 0 Å². The Kier molecular flexibility index (Phi) is 2.87. The van der Waals surface area contributed by atoms with E-state index in [9.17, 15) is 4.39 Å². The van der Waals surface area contributed by atoms with Gasteiger partial charge in [0.25, 0.3) is 0 Å². The van der Waals surface area contributed by atoms with Gasteiger partial charge >= 0.3 is 0 Å². The monoisotopic (exact) mass is 249 g/mol. The first-order chi connectivity index (χ1) is 8.70. The Morgan fingerprint density at radius 2 is 2.33 bits per heavy atom. The van der Waals surface area contributed by atoms with E-state index in [0.29, 0.717) is 17.6 Å². The summed E-state index contributed by atoms with van der Waals surface area (Å²) in [5.74, 6) is 0.261. The summed E-state index contributed by atoms with van der Waals surface area (Å²) in [4.78, 5) is 6.62. The van der Waals surface area contributed by atoms with Crippen molar-refractivity contribution in [2.24, 2.45) is 0 Å². The molecule has 0 aliphatic carbocycles. The molecule has 6 heteroatoms. The van der Waals surface area contributed by atoms with Crippen LogP contribution in [-0.4, -0.2) is 45.7 Å². The van der Waals surface area contributed by atoms with E-state index in [2.05, 4.69) is 27.3 Å². The highest BCUT2D eigenvalue weighted by atomic mass is 19.1. The average Bonchev–Trinajstić information content (AvgIpc) is 2.70. The van der Waals surface area contributed by atoms with Crippen molar-refractivity contribution in [1.29, 1.82) is 0 Å². The molecular weight excluding hydrogens is 233 g/mol. The zero-order valence-electron chi connectivity index (χ0n) is 10.3. The number of anilines is 1. The average molecular weight is 249 g/mol. The van der Waals surface area contributed by atoms with Crippen LogP contribution < -0.4 is 5.32 Å². The lowest BCUT2D eigenvalue weighted by Gasteiger charge is -2.29. The summed E-state index contributed by atoms with van der Waals surface area (Å²) >= 11 is 0. The molecule has 5 nitrogen and oxygen atoms in total. The maximum atomic E-state index is 13.0. The van der Waals surface area contributed by atoms with E-state index in [0.717, 1.165) is 19.5 Å². The number of rotatable bonds is 2. The van der Waals surface area contributed by atoms with E-state index in [-0.39, 0.29) is 5.82 Å². The topological polar surface area (TPSA) is 45.5 Å². The molecule has 2 aromatic heterocycles. The highest BCUT2D eigenvalue weighted by Crippen LogP contribution is 2.13. The lowest BCUT2D eigenvalue weighted by atomic mass is 10.1. The molecule has 18 heavy (non-hydrogen) atoms. The summed E-state index contributed by atoms with van der Waals surface area (Å²) in [5, 5.41) is 7.54. The van der Waals surface area contributed by atoms with Gasteiger partial charge in [-0.2, -0.15) is 4.98 Å². The Morgan fingerprint density at radius 1 is 1.44 bits per heavy atom. The van der Waals surface area contributed by atoms with Gasteiger partial charge in [0.05, 0.1) is 6.20 Å². The number of hydrogen-bond donors (Lipinski definition) is 1. The minimum atomic E-state index is -0.309. The zero-order valence-corrected chi connectivity index (χ0v) is 10.3. The van der Waals surface area contributed by atoms with Crippen molar-refractivity contribution < 1.29 is 4.39 Å². The van der Waals surface area contributed by atoms with Crippen LogP contribution in [0.4, 0.5) is 10.3 Å². The Balaban J connectivity index is 1.78. The molecule has 96 valence electrons. The molecule has 0 bridgehead atoms. The van der Waals surface area contributed by atoms with Gasteiger partial charge in [0.1, 0.15) is 5.82 Å². The smallest absolute Gasteiger partial charge is 0.243 e. The number of piperidine rings is 1. The molecule has 0 amide bonds. The van der Waals surface area contributed by atoms with E-state index in [1.165, 1.54) is 23.2 Å². The number of likely N-dealkylation sites (N-methyl/N-ethyl adjacent to an activating group) is 1. The molecule has 1 aliphatic heterocycles. The number of aromatic nitrogens is 3. The van der Waals surface area contributed by atoms with Gasteiger partial charge in [0.15, 0.2) is 5.65 Å². The van der Waals surface area contributed by atoms with Gasteiger partial charge in [-0.15, -0.1) is 5.10 Å². The number of pyridine rings is 1. The number of hydrogen-bond acceptors (Lipinski definition) is 4. The molecule has 0 saturated carbocycles. The zero-order chi connectivity index (χ0) is 12.5. The second kappa shape index (κ2) is 4.53. The Bertz CT molecular complexity index is 552. The van der Waals surface area contributed by atoms with Crippen LogP contribution >= 0.6 is 0 Å². The predicted molar refractivity (Wildman–Crippen MR) is 67.1 cm³/mol. The fraction of sp³-hybridized carbons (Fsp3) is 0.500. The summed E-state index contributed by atoms with van der Waals surface area (Å²) in [6, 6.07) is 3.38. The van der Waals surface area contributed by atoms with E-state index in [1.807, 2.05) is 0 Å². The normalized spacial score (nSPS) is 21.3. The third-order valence-electron chi connectivity index (χ3n) is 3.25. The second-order valence-corrected chi connectivity index (χ2v) is 4.83. The number of likely N-dealkylation sites (tertiary alicyclic amines) is 1. The highest BCUT2D eigenvalue weighted by molar-refractivity contribution is 5.43. The maximum absolute atomic E-state index is 13.0. The van der Waals surface area contributed by atoms with Gasteiger partial charge in [0, 0.05) is 12.6 Å². The van der Waals surface area contributed by atoms with Crippen LogP contribution in [0.1, 0.15) is 12.8 Å². The Labute approximate surface area is 105 Å².